The molecule has 3 aromatic rings. The van der Waals surface area contributed by atoms with E-state index in [1.54, 1.807) is 30.5 Å². The molecule has 0 saturated heterocycles. The van der Waals surface area contributed by atoms with Gasteiger partial charge < -0.3 is 10.3 Å². The van der Waals surface area contributed by atoms with Gasteiger partial charge in [-0.25, -0.2) is 4.98 Å². The normalized spacial score (nSPS) is 10.8. The van der Waals surface area contributed by atoms with Crippen LogP contribution in [-0.4, -0.2) is 15.9 Å². The number of para-hydroxylation sites is 1. The maximum atomic E-state index is 12.5. The monoisotopic (exact) mass is 319 g/mol. The van der Waals surface area contributed by atoms with Gasteiger partial charge in [-0.05, 0) is 31.2 Å². The second kappa shape index (κ2) is 5.39. The molecule has 0 saturated carbocycles. The third kappa shape index (κ3) is 2.60. The summed E-state index contributed by atoms with van der Waals surface area (Å²) < 4.78 is 0. The zero-order valence-corrected chi connectivity index (χ0v) is 12.6. The van der Waals surface area contributed by atoms with Gasteiger partial charge in [0.15, 0.2) is 0 Å². The molecular weight excluding hydrogens is 309 g/mol. The van der Waals surface area contributed by atoms with Gasteiger partial charge in [0.2, 0.25) is 0 Å². The van der Waals surface area contributed by atoms with Crippen LogP contribution >= 0.6 is 23.2 Å². The van der Waals surface area contributed by atoms with Crippen LogP contribution in [0.3, 0.4) is 0 Å². The summed E-state index contributed by atoms with van der Waals surface area (Å²) in [5.74, 6) is -0.281. The van der Waals surface area contributed by atoms with Crippen LogP contribution in [0.4, 0.5) is 5.69 Å². The van der Waals surface area contributed by atoms with Crippen molar-refractivity contribution in [2.45, 2.75) is 6.92 Å². The van der Waals surface area contributed by atoms with Crippen molar-refractivity contribution in [1.29, 1.82) is 0 Å². The third-order valence-corrected chi connectivity index (χ3v) is 3.74. The van der Waals surface area contributed by atoms with E-state index in [1.807, 2.05) is 13.0 Å². The molecule has 1 amide bonds. The van der Waals surface area contributed by atoms with E-state index >= 15 is 0 Å². The van der Waals surface area contributed by atoms with Crippen molar-refractivity contribution >= 4 is 45.8 Å². The fourth-order valence-corrected chi connectivity index (χ4v) is 2.65. The fourth-order valence-electron chi connectivity index (χ4n) is 2.15. The van der Waals surface area contributed by atoms with Gasteiger partial charge >= 0.3 is 0 Å². The smallest absolute Gasteiger partial charge is 0.256 e. The molecule has 0 aliphatic rings. The molecule has 106 valence electrons. The summed E-state index contributed by atoms with van der Waals surface area (Å²) in [6.45, 7) is 1.91. The summed E-state index contributed by atoms with van der Waals surface area (Å²) in [7, 11) is 0. The lowest BCUT2D eigenvalue weighted by Gasteiger charge is -2.09. The minimum atomic E-state index is -0.281. The lowest BCUT2D eigenvalue weighted by atomic mass is 10.1. The van der Waals surface area contributed by atoms with Crippen LogP contribution in [0.5, 0.6) is 0 Å². The molecule has 2 heterocycles. The maximum Gasteiger partial charge on any atom is 0.256 e. The number of aromatic nitrogens is 2. The number of nitrogens with zero attached hydrogens (tertiary/aromatic N) is 1. The van der Waals surface area contributed by atoms with Gasteiger partial charge in [-0.15, -0.1) is 0 Å². The van der Waals surface area contributed by atoms with Crippen LogP contribution in [-0.2, 0) is 0 Å². The number of carbonyl (C=O) groups is 1. The Hall–Kier alpha value is -2.04. The van der Waals surface area contributed by atoms with Crippen LogP contribution in [0.2, 0.25) is 10.0 Å². The molecule has 0 unspecified atom stereocenters. The van der Waals surface area contributed by atoms with Crippen LogP contribution in [0.1, 0.15) is 16.1 Å². The first-order valence-electron chi connectivity index (χ1n) is 6.26. The zero-order valence-electron chi connectivity index (χ0n) is 11.1. The Labute approximate surface area is 131 Å². The summed E-state index contributed by atoms with van der Waals surface area (Å²) >= 11 is 12.1. The number of aryl methyl sites for hydroxylation is 1. The Kier molecular flexibility index (Phi) is 3.57. The lowest BCUT2D eigenvalue weighted by molar-refractivity contribution is 0.102. The molecule has 4 nitrogen and oxygen atoms in total. The highest BCUT2D eigenvalue weighted by molar-refractivity contribution is 6.40. The van der Waals surface area contributed by atoms with Gasteiger partial charge in [0.05, 0.1) is 21.3 Å². The predicted molar refractivity (Wildman–Crippen MR) is 85.2 cm³/mol. The first-order chi connectivity index (χ1) is 10.1. The summed E-state index contributed by atoms with van der Waals surface area (Å²) in [5.41, 5.74) is 2.53. The summed E-state index contributed by atoms with van der Waals surface area (Å²) in [6, 6.07) is 8.61. The molecule has 0 aliphatic carbocycles. The maximum absolute atomic E-state index is 12.5. The number of carbonyl (C=O) groups excluding carboxylic acids is 1. The average Bonchev–Trinajstić information content (AvgIpc) is 2.82. The van der Waals surface area contributed by atoms with E-state index in [9.17, 15) is 4.79 Å². The van der Waals surface area contributed by atoms with Gasteiger partial charge in [-0.2, -0.15) is 0 Å². The van der Waals surface area contributed by atoms with Gasteiger partial charge in [0, 0.05) is 17.3 Å². The number of aromatic amines is 1. The van der Waals surface area contributed by atoms with E-state index in [2.05, 4.69) is 15.3 Å². The topological polar surface area (TPSA) is 57.8 Å². The van der Waals surface area contributed by atoms with Crippen molar-refractivity contribution in [3.63, 3.8) is 0 Å². The minimum absolute atomic E-state index is 0.281. The van der Waals surface area contributed by atoms with Crippen LogP contribution < -0.4 is 5.32 Å². The molecule has 1 aromatic carbocycles. The Morgan fingerprint density at radius 1 is 1.24 bits per heavy atom. The Morgan fingerprint density at radius 2 is 1.95 bits per heavy atom. The molecule has 0 fully saturated rings. The zero-order chi connectivity index (χ0) is 15.0. The molecule has 3 rings (SSSR count). The molecule has 6 heteroatoms. The predicted octanol–water partition coefficient (Wildman–Crippen LogP) is 4.43. The number of pyridine rings is 1. The summed E-state index contributed by atoms with van der Waals surface area (Å²) in [5, 5.41) is 4.30. The third-order valence-electron chi connectivity index (χ3n) is 3.11. The summed E-state index contributed by atoms with van der Waals surface area (Å²) in [4.78, 5) is 19.8. The van der Waals surface area contributed by atoms with E-state index in [0.29, 0.717) is 26.9 Å². The van der Waals surface area contributed by atoms with Crippen molar-refractivity contribution in [2.75, 3.05) is 5.32 Å². The molecular formula is C15H11Cl2N3O. The molecule has 0 aliphatic heterocycles. The second-order valence-corrected chi connectivity index (χ2v) is 5.44. The standard InChI is InChI=1S/C15H11Cl2N3O/c1-8-7-10-9(5-6-18-14(10)19-8)15(21)20-13-11(16)3-2-4-12(13)17/h2-7H,1H3,(H,18,19)(H,20,21). The number of H-pyrrole nitrogens is 1. The molecule has 2 N–H and O–H groups in total. The van der Waals surface area contributed by atoms with Gasteiger partial charge in [0.1, 0.15) is 5.65 Å². The first kappa shape index (κ1) is 13.9. The average molecular weight is 320 g/mol. The molecule has 2 aromatic heterocycles. The second-order valence-electron chi connectivity index (χ2n) is 4.62. The molecule has 0 spiro atoms. The number of hydrogen-bond acceptors (Lipinski definition) is 2. The van der Waals surface area contributed by atoms with Crippen molar-refractivity contribution in [3.8, 4) is 0 Å². The highest BCUT2D eigenvalue weighted by Gasteiger charge is 2.15. The van der Waals surface area contributed by atoms with E-state index in [4.69, 9.17) is 23.2 Å². The molecule has 0 bridgehead atoms. The highest BCUT2D eigenvalue weighted by Crippen LogP contribution is 2.30. The van der Waals surface area contributed by atoms with Crippen molar-refractivity contribution < 1.29 is 4.79 Å². The number of anilines is 1. The largest absolute Gasteiger partial charge is 0.344 e. The number of rotatable bonds is 2. The van der Waals surface area contributed by atoms with Gasteiger partial charge in [-0.1, -0.05) is 29.3 Å². The number of nitrogens with one attached hydrogen (secondary N) is 2. The van der Waals surface area contributed by atoms with Gasteiger partial charge in [0.25, 0.3) is 5.91 Å². The van der Waals surface area contributed by atoms with Crippen molar-refractivity contribution in [3.05, 3.63) is 57.8 Å². The number of halogens is 2. The number of benzene rings is 1. The van der Waals surface area contributed by atoms with E-state index < -0.39 is 0 Å². The fraction of sp³-hybridized carbons (Fsp3) is 0.0667. The quantitative estimate of drug-likeness (QED) is 0.734. The van der Waals surface area contributed by atoms with Crippen LogP contribution in [0.15, 0.2) is 36.5 Å². The first-order valence-corrected chi connectivity index (χ1v) is 7.01. The molecule has 21 heavy (non-hydrogen) atoms. The number of amides is 1. The Morgan fingerprint density at radius 3 is 2.67 bits per heavy atom. The molecule has 0 atom stereocenters. The lowest BCUT2D eigenvalue weighted by Crippen LogP contribution is -2.13. The van der Waals surface area contributed by atoms with Gasteiger partial charge in [-0.3, -0.25) is 4.79 Å². The van der Waals surface area contributed by atoms with Crippen molar-refractivity contribution in [2.24, 2.45) is 0 Å². The van der Waals surface area contributed by atoms with Crippen LogP contribution in [0, 0.1) is 6.92 Å². The molecule has 0 radical (unpaired) electrons. The van der Waals surface area contributed by atoms with Crippen LogP contribution in [0.25, 0.3) is 11.0 Å². The highest BCUT2D eigenvalue weighted by atomic mass is 35.5. The summed E-state index contributed by atoms with van der Waals surface area (Å²) in [6.07, 6.45) is 1.58. The van der Waals surface area contributed by atoms with Crippen molar-refractivity contribution in [1.82, 2.24) is 9.97 Å². The van der Waals surface area contributed by atoms with E-state index in [1.165, 1.54) is 0 Å². The Bertz CT molecular complexity index is 822. The number of hydrogen-bond donors (Lipinski definition) is 2. The SMILES string of the molecule is Cc1cc2c(C(=O)Nc3c(Cl)cccc3Cl)ccnc2[nH]1. The van der Waals surface area contributed by atoms with E-state index in [-0.39, 0.29) is 5.91 Å². The Balaban J connectivity index is 2.01. The minimum Gasteiger partial charge on any atom is -0.344 e. The number of fused-ring (bicyclic) bond motifs is 1. The van der Waals surface area contributed by atoms with E-state index in [0.717, 1.165) is 11.1 Å².